The number of para-hydroxylation sites is 1. The average molecular weight is 285 g/mol. The number of hydrogen-bond donors (Lipinski definition) is 1. The van der Waals surface area contributed by atoms with Gasteiger partial charge in [0.15, 0.2) is 0 Å². The molecule has 0 aliphatic heterocycles. The van der Waals surface area contributed by atoms with Crippen LogP contribution in [-0.4, -0.2) is 16.0 Å². The van der Waals surface area contributed by atoms with Gasteiger partial charge >= 0.3 is 5.97 Å². The number of aliphatic carboxylic acids is 1. The summed E-state index contributed by atoms with van der Waals surface area (Å²) in [5, 5.41) is 19.2. The number of non-ortho nitro benzene ring substituents is 1. The van der Waals surface area contributed by atoms with Crippen molar-refractivity contribution in [2.75, 3.05) is 0 Å². The molecule has 6 heteroatoms. The molecule has 0 unspecified atom stereocenters. The Hall–Kier alpha value is -3.15. The summed E-state index contributed by atoms with van der Waals surface area (Å²) in [4.78, 5) is 20.6. The van der Waals surface area contributed by atoms with Crippen molar-refractivity contribution in [1.29, 1.82) is 0 Å². The van der Waals surface area contributed by atoms with Crippen molar-refractivity contribution in [2.24, 2.45) is 0 Å². The summed E-state index contributed by atoms with van der Waals surface area (Å²) in [5.74, 6) is -0.166. The molecule has 0 fully saturated rings. The first-order valence-electron chi connectivity index (χ1n) is 5.98. The maximum Gasteiger partial charge on any atom is 0.328 e. The van der Waals surface area contributed by atoms with E-state index >= 15 is 0 Å². The predicted molar refractivity (Wildman–Crippen MR) is 76.3 cm³/mol. The Morgan fingerprint density at radius 2 is 1.81 bits per heavy atom. The highest BCUT2D eigenvalue weighted by atomic mass is 16.6. The molecule has 0 saturated carbocycles. The lowest BCUT2D eigenvalue weighted by molar-refractivity contribution is -0.384. The third kappa shape index (κ3) is 3.90. The van der Waals surface area contributed by atoms with Crippen LogP contribution in [0.2, 0.25) is 0 Å². The number of hydrogen-bond acceptors (Lipinski definition) is 4. The summed E-state index contributed by atoms with van der Waals surface area (Å²) in [6.07, 6.45) is 2.43. The SMILES string of the molecule is O=C(O)/C=C/c1ccccc1Oc1ccc([N+](=O)[O-])cc1. The first kappa shape index (κ1) is 14.3. The number of nitrogens with zero attached hydrogens (tertiary/aromatic N) is 1. The van der Waals surface area contributed by atoms with E-state index in [0.29, 0.717) is 17.1 Å². The van der Waals surface area contributed by atoms with Crippen LogP contribution in [0.15, 0.2) is 54.6 Å². The third-order valence-corrected chi connectivity index (χ3v) is 2.60. The van der Waals surface area contributed by atoms with Crippen molar-refractivity contribution >= 4 is 17.7 Å². The minimum absolute atomic E-state index is 0.0265. The third-order valence-electron chi connectivity index (χ3n) is 2.60. The van der Waals surface area contributed by atoms with Crippen LogP contribution in [0.25, 0.3) is 6.08 Å². The smallest absolute Gasteiger partial charge is 0.328 e. The number of benzene rings is 2. The van der Waals surface area contributed by atoms with Crippen molar-refractivity contribution in [3.8, 4) is 11.5 Å². The zero-order chi connectivity index (χ0) is 15.2. The fourth-order valence-corrected chi connectivity index (χ4v) is 1.64. The molecule has 2 rings (SSSR count). The minimum atomic E-state index is -1.06. The minimum Gasteiger partial charge on any atom is -0.478 e. The molecule has 6 nitrogen and oxygen atoms in total. The van der Waals surface area contributed by atoms with Gasteiger partial charge in [0.2, 0.25) is 0 Å². The van der Waals surface area contributed by atoms with Crippen molar-refractivity contribution < 1.29 is 19.6 Å². The molecule has 0 radical (unpaired) electrons. The maximum absolute atomic E-state index is 10.6. The number of carbonyl (C=O) groups is 1. The van der Waals surface area contributed by atoms with Crippen molar-refractivity contribution in [1.82, 2.24) is 0 Å². The lowest BCUT2D eigenvalue weighted by Gasteiger charge is -2.08. The van der Waals surface area contributed by atoms with Gasteiger partial charge in [0.1, 0.15) is 11.5 Å². The first-order chi connectivity index (χ1) is 10.1. The molecule has 0 aliphatic carbocycles. The molecule has 2 aromatic rings. The zero-order valence-electron chi connectivity index (χ0n) is 10.8. The predicted octanol–water partition coefficient (Wildman–Crippen LogP) is 3.48. The Bertz CT molecular complexity index is 691. The number of rotatable bonds is 5. The van der Waals surface area contributed by atoms with Gasteiger partial charge in [-0.1, -0.05) is 18.2 Å². The van der Waals surface area contributed by atoms with Gasteiger partial charge in [0.25, 0.3) is 5.69 Å². The quantitative estimate of drug-likeness (QED) is 0.516. The highest BCUT2D eigenvalue weighted by molar-refractivity contribution is 5.85. The molecule has 0 bridgehead atoms. The highest BCUT2D eigenvalue weighted by Crippen LogP contribution is 2.27. The Labute approximate surface area is 120 Å². The van der Waals surface area contributed by atoms with Crippen molar-refractivity contribution in [2.45, 2.75) is 0 Å². The lowest BCUT2D eigenvalue weighted by Crippen LogP contribution is -1.90. The monoisotopic (exact) mass is 285 g/mol. The zero-order valence-corrected chi connectivity index (χ0v) is 10.8. The van der Waals surface area contributed by atoms with Crippen LogP contribution >= 0.6 is 0 Å². The standard InChI is InChI=1S/C15H11NO5/c17-15(18)10-5-11-3-1-2-4-14(11)21-13-8-6-12(7-9-13)16(19)20/h1-10H,(H,17,18)/b10-5+. The molecule has 2 aromatic carbocycles. The van der Waals surface area contributed by atoms with Gasteiger partial charge in [-0.2, -0.15) is 0 Å². The Morgan fingerprint density at radius 1 is 1.14 bits per heavy atom. The molecule has 0 heterocycles. The highest BCUT2D eigenvalue weighted by Gasteiger charge is 2.06. The molecule has 0 saturated heterocycles. The molecule has 0 aliphatic rings. The van der Waals surface area contributed by atoms with E-state index in [1.54, 1.807) is 24.3 Å². The number of carboxylic acid groups (broad SMARTS) is 1. The second kappa shape index (κ2) is 6.33. The fraction of sp³-hybridized carbons (Fsp3) is 0. The summed E-state index contributed by atoms with van der Waals surface area (Å²) >= 11 is 0. The summed E-state index contributed by atoms with van der Waals surface area (Å²) in [5.41, 5.74) is 0.569. The topological polar surface area (TPSA) is 89.7 Å². The van der Waals surface area contributed by atoms with Crippen molar-refractivity contribution in [3.05, 3.63) is 70.3 Å². The van der Waals surface area contributed by atoms with E-state index in [0.717, 1.165) is 6.08 Å². The number of nitro benzene ring substituents is 1. The number of carboxylic acids is 1. The molecule has 0 spiro atoms. The van der Waals surface area contributed by atoms with Gasteiger partial charge in [0.05, 0.1) is 4.92 Å². The van der Waals surface area contributed by atoms with Crippen LogP contribution in [0.1, 0.15) is 5.56 Å². The van der Waals surface area contributed by atoms with Crippen LogP contribution in [0.5, 0.6) is 11.5 Å². The number of nitro groups is 1. The van der Waals surface area contributed by atoms with Crippen molar-refractivity contribution in [3.63, 3.8) is 0 Å². The molecule has 1 N–H and O–H groups in total. The largest absolute Gasteiger partial charge is 0.478 e. The normalized spacial score (nSPS) is 10.5. The van der Waals surface area contributed by atoms with Gasteiger partial charge < -0.3 is 9.84 Å². The van der Waals surface area contributed by atoms with E-state index in [2.05, 4.69) is 0 Å². The average Bonchev–Trinajstić information content (AvgIpc) is 2.47. The number of ether oxygens (including phenoxy) is 1. The fourth-order valence-electron chi connectivity index (χ4n) is 1.64. The van der Waals surface area contributed by atoms with E-state index in [1.165, 1.54) is 30.3 Å². The van der Waals surface area contributed by atoms with Gasteiger partial charge in [0, 0.05) is 23.8 Å². The first-order valence-corrected chi connectivity index (χ1v) is 5.98. The van der Waals surface area contributed by atoms with E-state index < -0.39 is 10.9 Å². The summed E-state index contributed by atoms with van der Waals surface area (Å²) in [6.45, 7) is 0. The maximum atomic E-state index is 10.6. The van der Waals surface area contributed by atoms with E-state index in [9.17, 15) is 14.9 Å². The van der Waals surface area contributed by atoms with Gasteiger partial charge in [-0.15, -0.1) is 0 Å². The van der Waals surface area contributed by atoms with E-state index in [4.69, 9.17) is 9.84 Å². The van der Waals surface area contributed by atoms with Gasteiger partial charge in [-0.25, -0.2) is 4.79 Å². The van der Waals surface area contributed by atoms with Crippen LogP contribution in [0.3, 0.4) is 0 Å². The lowest BCUT2D eigenvalue weighted by atomic mass is 10.2. The van der Waals surface area contributed by atoms with E-state index in [-0.39, 0.29) is 5.69 Å². The second-order valence-electron chi connectivity index (χ2n) is 4.06. The molecule has 0 amide bonds. The van der Waals surface area contributed by atoms with Crippen LogP contribution in [0, 0.1) is 10.1 Å². The molecule has 106 valence electrons. The van der Waals surface area contributed by atoms with E-state index in [1.807, 2.05) is 0 Å². The van der Waals surface area contributed by atoms with Crippen LogP contribution in [-0.2, 0) is 4.79 Å². The Balaban J connectivity index is 2.23. The molecule has 0 aromatic heterocycles. The molecular weight excluding hydrogens is 274 g/mol. The van der Waals surface area contributed by atoms with Gasteiger partial charge in [-0.05, 0) is 24.3 Å². The van der Waals surface area contributed by atoms with Crippen LogP contribution in [0.4, 0.5) is 5.69 Å². The summed E-state index contributed by atoms with van der Waals surface area (Å²) in [6, 6.07) is 12.5. The molecular formula is C15H11NO5. The van der Waals surface area contributed by atoms with Gasteiger partial charge in [-0.3, -0.25) is 10.1 Å². The van der Waals surface area contributed by atoms with Crippen LogP contribution < -0.4 is 4.74 Å². The summed E-state index contributed by atoms with van der Waals surface area (Å²) in [7, 11) is 0. The Morgan fingerprint density at radius 3 is 2.43 bits per heavy atom. The Kier molecular flexibility index (Phi) is 4.30. The molecule has 21 heavy (non-hydrogen) atoms. The second-order valence-corrected chi connectivity index (χ2v) is 4.06. The summed E-state index contributed by atoms with van der Waals surface area (Å²) < 4.78 is 5.61. The molecule has 0 atom stereocenters.